The van der Waals surface area contributed by atoms with Gasteiger partial charge in [-0.25, -0.2) is 13.1 Å². The average molecular weight is 315 g/mol. The average Bonchev–Trinajstić information content (AvgIpc) is 2.84. The molecule has 1 saturated carbocycles. The molecule has 0 unspecified atom stereocenters. The van der Waals surface area contributed by atoms with Crippen molar-refractivity contribution in [1.29, 1.82) is 5.26 Å². The number of nitrogens with one attached hydrogen (secondary N) is 1. The van der Waals surface area contributed by atoms with Crippen LogP contribution >= 0.6 is 0 Å². The number of hydrogen-bond donors (Lipinski definition) is 1. The standard InChI is InChI=1S/C16H17N3O2S/c1-19-14(11-17)7-10-16(19)12-5-8-15(9-6-12)22(20,21)18-13-3-2-4-13/h5-10,13,18H,2-4H2,1H3. The van der Waals surface area contributed by atoms with Crippen LogP contribution in [0.2, 0.25) is 0 Å². The fourth-order valence-corrected chi connectivity index (χ4v) is 3.84. The second-order valence-corrected chi connectivity index (χ2v) is 7.26. The van der Waals surface area contributed by atoms with Crippen molar-refractivity contribution in [3.8, 4) is 17.3 Å². The first-order chi connectivity index (χ1) is 10.5. The highest BCUT2D eigenvalue weighted by molar-refractivity contribution is 7.89. The molecule has 1 aliphatic carbocycles. The van der Waals surface area contributed by atoms with Gasteiger partial charge in [-0.05, 0) is 42.7 Å². The molecule has 0 amide bonds. The minimum atomic E-state index is -3.44. The minimum absolute atomic E-state index is 0.0794. The highest BCUT2D eigenvalue weighted by atomic mass is 32.2. The van der Waals surface area contributed by atoms with Gasteiger partial charge in [0.1, 0.15) is 11.8 Å². The maximum absolute atomic E-state index is 12.2. The number of hydrogen-bond acceptors (Lipinski definition) is 3. The van der Waals surface area contributed by atoms with E-state index in [0.717, 1.165) is 30.5 Å². The van der Waals surface area contributed by atoms with Crippen LogP contribution in [0.5, 0.6) is 0 Å². The number of aromatic nitrogens is 1. The lowest BCUT2D eigenvalue weighted by molar-refractivity contribution is 0.383. The molecule has 0 bridgehead atoms. The Bertz CT molecular complexity index is 825. The zero-order valence-corrected chi connectivity index (χ0v) is 13.1. The predicted molar refractivity (Wildman–Crippen MR) is 83.5 cm³/mol. The molecule has 1 aliphatic rings. The Hall–Kier alpha value is -2.10. The molecule has 22 heavy (non-hydrogen) atoms. The molecule has 2 aromatic rings. The van der Waals surface area contributed by atoms with Crippen LogP contribution < -0.4 is 4.72 Å². The third-order valence-electron chi connectivity index (χ3n) is 4.12. The first kappa shape index (κ1) is 14.8. The smallest absolute Gasteiger partial charge is 0.240 e. The van der Waals surface area contributed by atoms with E-state index in [9.17, 15) is 8.42 Å². The van der Waals surface area contributed by atoms with Crippen molar-refractivity contribution in [2.45, 2.75) is 30.2 Å². The van der Waals surface area contributed by atoms with Gasteiger partial charge in [-0.15, -0.1) is 0 Å². The second-order valence-electron chi connectivity index (χ2n) is 5.55. The van der Waals surface area contributed by atoms with Crippen LogP contribution in [0.1, 0.15) is 25.0 Å². The molecule has 5 nitrogen and oxygen atoms in total. The van der Waals surface area contributed by atoms with Crippen LogP contribution in [0.25, 0.3) is 11.3 Å². The molecule has 0 spiro atoms. The number of rotatable bonds is 4. The van der Waals surface area contributed by atoms with Gasteiger partial charge in [0.15, 0.2) is 0 Å². The summed E-state index contributed by atoms with van der Waals surface area (Å²) in [6.45, 7) is 0. The summed E-state index contributed by atoms with van der Waals surface area (Å²) in [5.74, 6) is 0. The van der Waals surface area contributed by atoms with Gasteiger partial charge in [0.05, 0.1) is 4.90 Å². The summed E-state index contributed by atoms with van der Waals surface area (Å²) in [5.41, 5.74) is 2.33. The number of nitrogens with zero attached hydrogens (tertiary/aromatic N) is 2. The van der Waals surface area contributed by atoms with E-state index >= 15 is 0 Å². The number of sulfonamides is 1. The molecule has 114 valence electrons. The lowest BCUT2D eigenvalue weighted by Crippen LogP contribution is -2.39. The van der Waals surface area contributed by atoms with Crippen LogP contribution in [0.3, 0.4) is 0 Å². The molecular formula is C16H17N3O2S. The van der Waals surface area contributed by atoms with Crippen LogP contribution in [0.4, 0.5) is 0 Å². The number of benzene rings is 1. The SMILES string of the molecule is Cn1c(C#N)ccc1-c1ccc(S(=O)(=O)NC2CCC2)cc1. The summed E-state index contributed by atoms with van der Waals surface area (Å²) in [7, 11) is -1.62. The Balaban J connectivity index is 1.86. The van der Waals surface area contributed by atoms with Gasteiger partial charge in [-0.3, -0.25) is 0 Å². The summed E-state index contributed by atoms with van der Waals surface area (Å²) >= 11 is 0. The van der Waals surface area contributed by atoms with E-state index in [4.69, 9.17) is 5.26 Å². The van der Waals surface area contributed by atoms with Gasteiger partial charge in [-0.1, -0.05) is 18.6 Å². The van der Waals surface area contributed by atoms with Crippen LogP contribution in [-0.2, 0) is 17.1 Å². The van der Waals surface area contributed by atoms with Crippen molar-refractivity contribution in [2.75, 3.05) is 0 Å². The minimum Gasteiger partial charge on any atom is -0.335 e. The third kappa shape index (κ3) is 2.65. The molecule has 0 atom stereocenters. The quantitative estimate of drug-likeness (QED) is 0.941. The van der Waals surface area contributed by atoms with Crippen molar-refractivity contribution in [1.82, 2.24) is 9.29 Å². The van der Waals surface area contributed by atoms with Crippen molar-refractivity contribution in [3.63, 3.8) is 0 Å². The first-order valence-electron chi connectivity index (χ1n) is 7.20. The largest absolute Gasteiger partial charge is 0.335 e. The van der Waals surface area contributed by atoms with E-state index in [1.54, 1.807) is 34.9 Å². The Kier molecular flexibility index (Phi) is 3.77. The van der Waals surface area contributed by atoms with Gasteiger partial charge in [0, 0.05) is 18.8 Å². The molecule has 1 N–H and O–H groups in total. The van der Waals surface area contributed by atoms with E-state index in [2.05, 4.69) is 10.8 Å². The number of nitriles is 1. The van der Waals surface area contributed by atoms with Gasteiger partial charge < -0.3 is 4.57 Å². The fraction of sp³-hybridized carbons (Fsp3) is 0.312. The van der Waals surface area contributed by atoms with Gasteiger partial charge in [0.2, 0.25) is 10.0 Å². The molecular weight excluding hydrogens is 298 g/mol. The van der Waals surface area contributed by atoms with Gasteiger partial charge in [-0.2, -0.15) is 5.26 Å². The Morgan fingerprint density at radius 2 is 1.86 bits per heavy atom. The van der Waals surface area contributed by atoms with Crippen LogP contribution in [0.15, 0.2) is 41.3 Å². The molecule has 6 heteroatoms. The maximum Gasteiger partial charge on any atom is 0.240 e. The highest BCUT2D eigenvalue weighted by Gasteiger charge is 2.24. The summed E-state index contributed by atoms with van der Waals surface area (Å²) in [6, 6.07) is 12.5. The zero-order chi connectivity index (χ0) is 15.7. The molecule has 1 heterocycles. The Labute approximate surface area is 130 Å². The zero-order valence-electron chi connectivity index (χ0n) is 12.3. The van der Waals surface area contributed by atoms with Crippen LogP contribution in [-0.4, -0.2) is 19.0 Å². The van der Waals surface area contributed by atoms with Gasteiger partial charge in [0.25, 0.3) is 0 Å². The lowest BCUT2D eigenvalue weighted by atomic mass is 9.94. The van der Waals surface area contributed by atoms with E-state index in [1.165, 1.54) is 0 Å². The summed E-state index contributed by atoms with van der Waals surface area (Å²) < 4.78 is 29.0. The van der Waals surface area contributed by atoms with Crippen molar-refractivity contribution >= 4 is 10.0 Å². The monoisotopic (exact) mass is 315 g/mol. The second kappa shape index (κ2) is 5.59. The maximum atomic E-state index is 12.2. The van der Waals surface area contributed by atoms with Crippen LogP contribution in [0, 0.1) is 11.3 Å². The molecule has 1 aromatic heterocycles. The third-order valence-corrected chi connectivity index (χ3v) is 5.66. The Morgan fingerprint density at radius 1 is 1.18 bits per heavy atom. The first-order valence-corrected chi connectivity index (χ1v) is 8.68. The lowest BCUT2D eigenvalue weighted by Gasteiger charge is -2.26. The molecule has 0 radical (unpaired) electrons. The molecule has 3 rings (SSSR count). The van der Waals surface area contributed by atoms with Crippen molar-refractivity contribution in [2.24, 2.45) is 7.05 Å². The highest BCUT2D eigenvalue weighted by Crippen LogP contribution is 2.24. The molecule has 1 aromatic carbocycles. The topological polar surface area (TPSA) is 74.9 Å². The summed E-state index contributed by atoms with van der Waals surface area (Å²) in [6.07, 6.45) is 2.91. The van der Waals surface area contributed by atoms with Crippen molar-refractivity contribution < 1.29 is 8.42 Å². The Morgan fingerprint density at radius 3 is 2.36 bits per heavy atom. The molecule has 1 fully saturated rings. The predicted octanol–water partition coefficient (Wildman–Crippen LogP) is 2.39. The molecule has 0 aliphatic heterocycles. The van der Waals surface area contributed by atoms with E-state index < -0.39 is 10.0 Å². The summed E-state index contributed by atoms with van der Waals surface area (Å²) in [5, 5.41) is 8.98. The van der Waals surface area contributed by atoms with E-state index in [1.807, 2.05) is 13.1 Å². The van der Waals surface area contributed by atoms with E-state index in [0.29, 0.717) is 5.69 Å². The van der Waals surface area contributed by atoms with E-state index in [-0.39, 0.29) is 10.9 Å². The van der Waals surface area contributed by atoms with Crippen molar-refractivity contribution in [3.05, 3.63) is 42.1 Å². The molecule has 0 saturated heterocycles. The summed E-state index contributed by atoms with van der Waals surface area (Å²) in [4.78, 5) is 0.276. The van der Waals surface area contributed by atoms with Gasteiger partial charge >= 0.3 is 0 Å². The normalized spacial score (nSPS) is 15.3. The fourth-order valence-electron chi connectivity index (χ4n) is 2.53.